The van der Waals surface area contributed by atoms with Crippen LogP contribution in [0.3, 0.4) is 0 Å². The summed E-state index contributed by atoms with van der Waals surface area (Å²) in [7, 11) is 0. The lowest BCUT2D eigenvalue weighted by atomic mass is 9.71. The van der Waals surface area contributed by atoms with Gasteiger partial charge in [-0.15, -0.1) is 0 Å². The molecule has 1 saturated carbocycles. The molecule has 0 bridgehead atoms. The van der Waals surface area contributed by atoms with Gasteiger partial charge in [-0.2, -0.15) is 0 Å². The van der Waals surface area contributed by atoms with Crippen LogP contribution in [0.2, 0.25) is 0 Å². The molecule has 1 aliphatic rings. The van der Waals surface area contributed by atoms with Crippen molar-refractivity contribution in [1.82, 2.24) is 0 Å². The number of hydrogen-bond donors (Lipinski definition) is 0. The van der Waals surface area contributed by atoms with Crippen LogP contribution in [-0.2, 0) is 4.74 Å². The zero-order chi connectivity index (χ0) is 12.4. The third kappa shape index (κ3) is 4.75. The fourth-order valence-electron chi connectivity index (χ4n) is 2.77. The van der Waals surface area contributed by atoms with E-state index in [9.17, 15) is 0 Å². The minimum Gasteiger partial charge on any atom is -0.378 e. The predicted octanol–water partition coefficient (Wildman–Crippen LogP) is 4.64. The summed E-state index contributed by atoms with van der Waals surface area (Å²) in [5, 5.41) is 1.01. The Bertz CT molecular complexity index is 223. The molecule has 16 heavy (non-hydrogen) atoms. The number of hydrogen-bond acceptors (Lipinski definition) is 1. The number of ether oxygens (including phenoxy) is 1. The van der Waals surface area contributed by atoms with E-state index in [0.29, 0.717) is 11.5 Å². The van der Waals surface area contributed by atoms with Crippen LogP contribution in [0.5, 0.6) is 0 Å². The van der Waals surface area contributed by atoms with E-state index in [0.717, 1.165) is 17.9 Å². The Hall–Kier alpha value is 0.440. The molecule has 0 amide bonds. The Morgan fingerprint density at radius 2 is 1.94 bits per heavy atom. The van der Waals surface area contributed by atoms with Gasteiger partial charge in [-0.05, 0) is 36.0 Å². The smallest absolute Gasteiger partial charge is 0.0583 e. The van der Waals surface area contributed by atoms with E-state index >= 15 is 0 Å². The lowest BCUT2D eigenvalue weighted by Crippen LogP contribution is -2.35. The third-order valence-corrected chi connectivity index (χ3v) is 4.94. The Morgan fingerprint density at radius 3 is 2.44 bits per heavy atom. The lowest BCUT2D eigenvalue weighted by Gasteiger charge is -2.39. The largest absolute Gasteiger partial charge is 0.378 e. The fraction of sp³-hybridized carbons (Fsp3) is 1.00. The molecule has 0 aromatic heterocycles. The molecule has 0 aliphatic heterocycles. The summed E-state index contributed by atoms with van der Waals surface area (Å²) in [5.41, 5.74) is 0.714. The van der Waals surface area contributed by atoms with Gasteiger partial charge in [0.15, 0.2) is 0 Å². The first-order valence-corrected chi connectivity index (χ1v) is 7.54. The molecule has 2 heteroatoms. The van der Waals surface area contributed by atoms with Crippen LogP contribution >= 0.6 is 15.9 Å². The summed E-state index contributed by atoms with van der Waals surface area (Å²) in [6.07, 6.45) is 4.27. The zero-order valence-electron chi connectivity index (χ0n) is 11.5. The first kappa shape index (κ1) is 14.5. The minimum absolute atomic E-state index is 0.255. The van der Waals surface area contributed by atoms with Crippen molar-refractivity contribution in [3.63, 3.8) is 0 Å². The van der Waals surface area contributed by atoms with Gasteiger partial charge in [0.05, 0.1) is 12.7 Å². The van der Waals surface area contributed by atoms with Crippen LogP contribution in [0, 0.1) is 16.7 Å². The van der Waals surface area contributed by atoms with E-state index in [4.69, 9.17) is 4.74 Å². The van der Waals surface area contributed by atoms with Crippen molar-refractivity contribution in [1.29, 1.82) is 0 Å². The average Bonchev–Trinajstić information content (AvgIpc) is 2.12. The van der Waals surface area contributed by atoms with Crippen LogP contribution < -0.4 is 0 Å². The van der Waals surface area contributed by atoms with E-state index in [1.807, 2.05) is 0 Å². The van der Waals surface area contributed by atoms with Gasteiger partial charge in [0.2, 0.25) is 0 Å². The van der Waals surface area contributed by atoms with Crippen LogP contribution in [-0.4, -0.2) is 18.0 Å². The molecule has 96 valence electrons. The molecule has 0 radical (unpaired) electrons. The van der Waals surface area contributed by atoms with Crippen LogP contribution in [0.4, 0.5) is 0 Å². The number of rotatable bonds is 4. The Morgan fingerprint density at radius 1 is 1.31 bits per heavy atom. The second-order valence-electron chi connectivity index (χ2n) is 7.14. The van der Waals surface area contributed by atoms with E-state index in [1.165, 1.54) is 19.3 Å². The van der Waals surface area contributed by atoms with Gasteiger partial charge in [0, 0.05) is 5.33 Å². The first-order chi connectivity index (χ1) is 7.24. The third-order valence-electron chi connectivity index (χ3n) is 3.42. The fourth-order valence-corrected chi connectivity index (χ4v) is 2.93. The molecule has 0 N–H and O–H groups in total. The van der Waals surface area contributed by atoms with Crippen molar-refractivity contribution in [3.05, 3.63) is 0 Å². The molecule has 0 spiro atoms. The molecule has 1 fully saturated rings. The van der Waals surface area contributed by atoms with Crippen molar-refractivity contribution >= 4 is 15.9 Å². The van der Waals surface area contributed by atoms with Gasteiger partial charge < -0.3 is 4.74 Å². The van der Waals surface area contributed by atoms with Gasteiger partial charge in [0.25, 0.3) is 0 Å². The quantitative estimate of drug-likeness (QED) is 0.686. The van der Waals surface area contributed by atoms with Gasteiger partial charge in [-0.1, -0.05) is 50.5 Å². The molecular weight excluding hydrogens is 264 g/mol. The molecule has 1 nitrogen and oxygen atoms in total. The van der Waals surface area contributed by atoms with Crippen molar-refractivity contribution in [2.75, 3.05) is 11.9 Å². The van der Waals surface area contributed by atoms with Crippen molar-refractivity contribution in [2.24, 2.45) is 16.7 Å². The molecule has 2 unspecified atom stereocenters. The number of halogens is 1. The normalized spacial score (nSPS) is 30.4. The average molecular weight is 291 g/mol. The lowest BCUT2D eigenvalue weighted by molar-refractivity contribution is -0.0470. The highest BCUT2D eigenvalue weighted by Crippen LogP contribution is 2.40. The maximum atomic E-state index is 6.11. The molecular formula is C14H27BrO. The highest BCUT2D eigenvalue weighted by molar-refractivity contribution is 9.09. The molecule has 0 saturated heterocycles. The summed E-state index contributed by atoms with van der Waals surface area (Å²) in [6, 6.07) is 0. The zero-order valence-corrected chi connectivity index (χ0v) is 13.1. The van der Waals surface area contributed by atoms with Crippen molar-refractivity contribution < 1.29 is 4.74 Å². The summed E-state index contributed by atoms with van der Waals surface area (Å²) >= 11 is 3.55. The van der Waals surface area contributed by atoms with Crippen LogP contribution in [0.25, 0.3) is 0 Å². The van der Waals surface area contributed by atoms with E-state index in [2.05, 4.69) is 50.5 Å². The predicted molar refractivity (Wildman–Crippen MR) is 74.1 cm³/mol. The molecule has 1 rings (SSSR count). The standard InChI is InChI=1S/C14H27BrO/c1-11-6-12(8-13(2,3)7-11)16-10-14(4,5)9-15/h11-12H,6-10H2,1-5H3. The van der Waals surface area contributed by atoms with E-state index in [1.54, 1.807) is 0 Å². The Balaban J connectivity index is 2.43. The van der Waals surface area contributed by atoms with Gasteiger partial charge in [0.1, 0.15) is 0 Å². The molecule has 0 heterocycles. The maximum Gasteiger partial charge on any atom is 0.0583 e. The highest BCUT2D eigenvalue weighted by atomic mass is 79.9. The summed E-state index contributed by atoms with van der Waals surface area (Å²) in [4.78, 5) is 0. The summed E-state index contributed by atoms with van der Waals surface area (Å²) in [6.45, 7) is 12.5. The van der Waals surface area contributed by atoms with Crippen molar-refractivity contribution in [2.45, 2.75) is 60.0 Å². The van der Waals surface area contributed by atoms with Crippen molar-refractivity contribution in [3.8, 4) is 0 Å². The second kappa shape index (κ2) is 5.39. The monoisotopic (exact) mass is 290 g/mol. The van der Waals surface area contributed by atoms with E-state index in [-0.39, 0.29) is 5.41 Å². The van der Waals surface area contributed by atoms with E-state index < -0.39 is 0 Å². The van der Waals surface area contributed by atoms with Crippen LogP contribution in [0.15, 0.2) is 0 Å². The molecule has 0 aromatic rings. The first-order valence-electron chi connectivity index (χ1n) is 6.42. The highest BCUT2D eigenvalue weighted by Gasteiger charge is 2.33. The summed E-state index contributed by atoms with van der Waals surface area (Å²) in [5.74, 6) is 0.806. The molecule has 2 atom stereocenters. The Kier molecular flexibility index (Phi) is 4.88. The molecule has 0 aromatic carbocycles. The second-order valence-corrected chi connectivity index (χ2v) is 7.70. The topological polar surface area (TPSA) is 9.23 Å². The summed E-state index contributed by atoms with van der Waals surface area (Å²) < 4.78 is 6.11. The molecule has 1 aliphatic carbocycles. The Labute approximate surface area is 109 Å². The van der Waals surface area contributed by atoms with Gasteiger partial charge in [-0.3, -0.25) is 0 Å². The number of alkyl halides is 1. The van der Waals surface area contributed by atoms with Gasteiger partial charge >= 0.3 is 0 Å². The maximum absolute atomic E-state index is 6.11. The van der Waals surface area contributed by atoms with Gasteiger partial charge in [-0.25, -0.2) is 0 Å². The minimum atomic E-state index is 0.255. The SMILES string of the molecule is CC1CC(OCC(C)(C)CBr)CC(C)(C)C1. The van der Waals surface area contributed by atoms with Crippen LogP contribution in [0.1, 0.15) is 53.9 Å².